The molecule has 3 rings (SSSR count). The summed E-state index contributed by atoms with van der Waals surface area (Å²) in [4.78, 5) is 19.4. The summed E-state index contributed by atoms with van der Waals surface area (Å²) in [5.41, 5.74) is 2.02. The van der Waals surface area contributed by atoms with Crippen molar-refractivity contribution in [3.05, 3.63) is 47.4 Å². The van der Waals surface area contributed by atoms with E-state index in [1.165, 1.54) is 12.4 Å². The Morgan fingerprint density at radius 3 is 2.84 bits per heavy atom. The van der Waals surface area contributed by atoms with Gasteiger partial charge in [0.15, 0.2) is 11.5 Å². The summed E-state index contributed by atoms with van der Waals surface area (Å²) in [6.45, 7) is 0. The van der Waals surface area contributed by atoms with Crippen molar-refractivity contribution >= 4 is 5.78 Å². The molecule has 5 nitrogen and oxygen atoms in total. The Morgan fingerprint density at radius 1 is 1.21 bits per heavy atom. The molecule has 0 fully saturated rings. The first-order valence-electron chi connectivity index (χ1n) is 5.82. The topological polar surface area (TPSA) is 75.9 Å². The molecule has 0 radical (unpaired) electrons. The van der Waals surface area contributed by atoms with Gasteiger partial charge in [0, 0.05) is 12.0 Å². The van der Waals surface area contributed by atoms with Gasteiger partial charge in [-0.1, -0.05) is 0 Å². The molecule has 0 saturated carbocycles. The van der Waals surface area contributed by atoms with Crippen LogP contribution in [-0.4, -0.2) is 15.8 Å². The van der Waals surface area contributed by atoms with Crippen molar-refractivity contribution in [1.82, 2.24) is 9.97 Å². The number of nitrogens with zero attached hydrogens (tertiary/aromatic N) is 3. The Morgan fingerprint density at radius 2 is 2.11 bits per heavy atom. The molecule has 1 heterocycles. The molecule has 0 saturated heterocycles. The minimum atomic E-state index is 0.180. The van der Waals surface area contributed by atoms with Crippen molar-refractivity contribution < 1.29 is 9.53 Å². The van der Waals surface area contributed by atoms with E-state index in [-0.39, 0.29) is 11.5 Å². The van der Waals surface area contributed by atoms with Gasteiger partial charge >= 0.3 is 0 Å². The summed E-state index contributed by atoms with van der Waals surface area (Å²) in [5.74, 6) is 1.12. The number of nitriles is 1. The lowest BCUT2D eigenvalue weighted by molar-refractivity contribution is 0.0994. The third-order valence-corrected chi connectivity index (χ3v) is 2.96. The van der Waals surface area contributed by atoms with Gasteiger partial charge in [0.05, 0.1) is 12.4 Å². The molecule has 1 aromatic carbocycles. The Hall–Kier alpha value is -2.74. The largest absolute Gasteiger partial charge is 0.437 e. The van der Waals surface area contributed by atoms with Gasteiger partial charge in [-0.3, -0.25) is 4.79 Å². The highest BCUT2D eigenvalue weighted by Gasteiger charge is 2.19. The number of ketones is 1. The van der Waals surface area contributed by atoms with Crippen LogP contribution in [0.2, 0.25) is 0 Å². The molecular formula is C14H9N3O2. The van der Waals surface area contributed by atoms with Gasteiger partial charge in [-0.15, -0.1) is 0 Å². The SMILES string of the molecule is N#Cc1cnc(Oc2ccc3c(c2)CCC3=O)cn1. The molecular weight excluding hydrogens is 242 g/mol. The Balaban J connectivity index is 1.84. The predicted molar refractivity (Wildman–Crippen MR) is 65.9 cm³/mol. The van der Waals surface area contributed by atoms with E-state index in [0.717, 1.165) is 17.5 Å². The molecule has 1 aromatic heterocycles. The number of Topliss-reactive ketones (excluding diaryl/α,β-unsaturated/α-hetero) is 1. The lowest BCUT2D eigenvalue weighted by atomic mass is 10.1. The smallest absolute Gasteiger partial charge is 0.237 e. The minimum absolute atomic E-state index is 0.180. The molecule has 2 aromatic rings. The molecule has 0 spiro atoms. The molecule has 0 aliphatic heterocycles. The zero-order valence-corrected chi connectivity index (χ0v) is 9.96. The maximum atomic E-state index is 11.5. The fourth-order valence-corrected chi connectivity index (χ4v) is 2.04. The van der Waals surface area contributed by atoms with Crippen LogP contribution in [0, 0.1) is 11.3 Å². The van der Waals surface area contributed by atoms with Gasteiger partial charge in [0.1, 0.15) is 11.8 Å². The van der Waals surface area contributed by atoms with Crippen LogP contribution in [0.5, 0.6) is 11.6 Å². The summed E-state index contributed by atoms with van der Waals surface area (Å²) in [6, 6.07) is 7.25. The normalized spacial score (nSPS) is 12.9. The zero-order chi connectivity index (χ0) is 13.2. The number of hydrogen-bond donors (Lipinski definition) is 0. The van der Waals surface area contributed by atoms with E-state index in [2.05, 4.69) is 9.97 Å². The average molecular weight is 251 g/mol. The van der Waals surface area contributed by atoms with Crippen LogP contribution in [0.3, 0.4) is 0 Å². The molecule has 19 heavy (non-hydrogen) atoms. The molecule has 0 bridgehead atoms. The van der Waals surface area contributed by atoms with Crippen molar-refractivity contribution in [1.29, 1.82) is 5.26 Å². The van der Waals surface area contributed by atoms with Crippen molar-refractivity contribution in [3.8, 4) is 17.7 Å². The highest BCUT2D eigenvalue weighted by molar-refractivity contribution is 6.00. The molecule has 0 unspecified atom stereocenters. The van der Waals surface area contributed by atoms with Gasteiger partial charge < -0.3 is 4.74 Å². The molecule has 0 N–H and O–H groups in total. The van der Waals surface area contributed by atoms with Gasteiger partial charge in [0.25, 0.3) is 0 Å². The monoisotopic (exact) mass is 251 g/mol. The first-order valence-corrected chi connectivity index (χ1v) is 5.82. The van der Waals surface area contributed by atoms with Gasteiger partial charge in [0.2, 0.25) is 5.88 Å². The van der Waals surface area contributed by atoms with Crippen molar-refractivity contribution in [2.75, 3.05) is 0 Å². The van der Waals surface area contributed by atoms with Crippen molar-refractivity contribution in [2.45, 2.75) is 12.8 Å². The number of hydrogen-bond acceptors (Lipinski definition) is 5. The van der Waals surface area contributed by atoms with Crippen LogP contribution in [0.1, 0.15) is 28.0 Å². The third kappa shape index (κ3) is 2.16. The maximum Gasteiger partial charge on any atom is 0.237 e. The Kier molecular flexibility index (Phi) is 2.69. The summed E-state index contributed by atoms with van der Waals surface area (Å²) < 4.78 is 5.54. The first kappa shape index (κ1) is 11.4. The molecule has 1 aliphatic carbocycles. The molecule has 5 heteroatoms. The van der Waals surface area contributed by atoms with Crippen molar-refractivity contribution in [2.24, 2.45) is 0 Å². The number of fused-ring (bicyclic) bond motifs is 1. The van der Waals surface area contributed by atoms with Gasteiger partial charge in [-0.05, 0) is 30.2 Å². The number of carbonyl (C=O) groups is 1. The van der Waals surface area contributed by atoms with Gasteiger partial charge in [-0.25, -0.2) is 9.97 Å². The van der Waals surface area contributed by atoms with E-state index in [1.54, 1.807) is 12.1 Å². The van der Waals surface area contributed by atoms with Crippen LogP contribution >= 0.6 is 0 Å². The third-order valence-electron chi connectivity index (χ3n) is 2.96. The van der Waals surface area contributed by atoms with Crippen LogP contribution in [0.25, 0.3) is 0 Å². The quantitative estimate of drug-likeness (QED) is 0.818. The first-order chi connectivity index (χ1) is 9.26. The number of aryl methyl sites for hydroxylation is 1. The lowest BCUT2D eigenvalue weighted by Crippen LogP contribution is -1.93. The van der Waals surface area contributed by atoms with E-state index >= 15 is 0 Å². The predicted octanol–water partition coefficient (Wildman–Crippen LogP) is 2.27. The highest BCUT2D eigenvalue weighted by Crippen LogP contribution is 2.28. The Labute approximate surface area is 109 Å². The van der Waals surface area contributed by atoms with E-state index < -0.39 is 0 Å². The second-order valence-corrected chi connectivity index (χ2v) is 4.20. The lowest BCUT2D eigenvalue weighted by Gasteiger charge is -2.05. The van der Waals surface area contributed by atoms with Gasteiger partial charge in [-0.2, -0.15) is 5.26 Å². The Bertz CT molecular complexity index is 687. The van der Waals surface area contributed by atoms with E-state index in [4.69, 9.17) is 10.00 Å². The number of aromatic nitrogens is 2. The van der Waals surface area contributed by atoms with Crippen molar-refractivity contribution in [3.63, 3.8) is 0 Å². The summed E-state index contributed by atoms with van der Waals surface area (Å²) in [7, 11) is 0. The minimum Gasteiger partial charge on any atom is -0.437 e. The standard InChI is InChI=1S/C14H9N3O2/c15-6-10-7-17-14(8-16-10)19-11-2-3-12-9(5-11)1-4-13(12)18/h2-3,5,7-8H,1,4H2. The number of carbonyl (C=O) groups excluding carboxylic acids is 1. The molecule has 1 aliphatic rings. The molecule has 92 valence electrons. The number of rotatable bonds is 2. The van der Waals surface area contributed by atoms with Crippen LogP contribution in [0.4, 0.5) is 0 Å². The molecule has 0 amide bonds. The average Bonchev–Trinajstić information content (AvgIpc) is 2.81. The van der Waals surface area contributed by atoms with E-state index in [1.807, 2.05) is 12.1 Å². The highest BCUT2D eigenvalue weighted by atomic mass is 16.5. The summed E-state index contributed by atoms with van der Waals surface area (Å²) in [6.07, 6.45) is 4.07. The maximum absolute atomic E-state index is 11.5. The zero-order valence-electron chi connectivity index (χ0n) is 9.96. The van der Waals surface area contributed by atoms with Crippen LogP contribution < -0.4 is 4.74 Å². The van der Waals surface area contributed by atoms with E-state index in [9.17, 15) is 4.79 Å². The fraction of sp³-hybridized carbons (Fsp3) is 0.143. The molecule has 0 atom stereocenters. The van der Waals surface area contributed by atoms with Crippen LogP contribution in [-0.2, 0) is 6.42 Å². The summed E-state index contributed by atoms with van der Waals surface area (Å²) in [5, 5.41) is 8.62. The number of ether oxygens (including phenoxy) is 1. The van der Waals surface area contributed by atoms with Crippen LogP contribution in [0.15, 0.2) is 30.6 Å². The summed E-state index contributed by atoms with van der Waals surface area (Å²) >= 11 is 0. The fourth-order valence-electron chi connectivity index (χ4n) is 2.04. The second kappa shape index (κ2) is 4.50. The second-order valence-electron chi connectivity index (χ2n) is 4.20. The van der Waals surface area contributed by atoms with E-state index in [0.29, 0.717) is 18.1 Å². The number of benzene rings is 1.